The average molecular weight is 324 g/mol. The molecule has 1 amide bonds. The van der Waals surface area contributed by atoms with E-state index in [9.17, 15) is 4.79 Å². The summed E-state index contributed by atoms with van der Waals surface area (Å²) in [5.41, 5.74) is 3.71. The number of aryl methyl sites for hydroxylation is 1. The molecule has 5 nitrogen and oxygen atoms in total. The fourth-order valence-electron chi connectivity index (χ4n) is 3.17. The van der Waals surface area contributed by atoms with Crippen LogP contribution in [0.4, 0.5) is 11.4 Å². The number of hydrogen-bond donors (Lipinski definition) is 2. The van der Waals surface area contributed by atoms with Gasteiger partial charge in [0.1, 0.15) is 0 Å². The van der Waals surface area contributed by atoms with Crippen molar-refractivity contribution in [1.29, 1.82) is 0 Å². The Morgan fingerprint density at radius 3 is 2.79 bits per heavy atom. The molecule has 24 heavy (non-hydrogen) atoms. The number of hydrogen-bond acceptors (Lipinski definition) is 3. The standard InChI is InChI=1S/C19H24N4O/c1-3-19(24)22-15-9-10-17(21-14-7-5-4-6-8-14)16(11-15)18-12-23(2)13-20-18/h3,9-14,21H,1,4-8H2,2H3,(H,22,24). The summed E-state index contributed by atoms with van der Waals surface area (Å²) in [5.74, 6) is -0.213. The molecule has 126 valence electrons. The molecule has 0 atom stereocenters. The van der Waals surface area contributed by atoms with Gasteiger partial charge in [-0.25, -0.2) is 4.98 Å². The number of nitrogens with one attached hydrogen (secondary N) is 2. The van der Waals surface area contributed by atoms with Crippen LogP contribution in [0.2, 0.25) is 0 Å². The van der Waals surface area contributed by atoms with Gasteiger partial charge in [0, 0.05) is 36.2 Å². The Morgan fingerprint density at radius 1 is 1.33 bits per heavy atom. The molecule has 1 aromatic carbocycles. The molecule has 2 N–H and O–H groups in total. The summed E-state index contributed by atoms with van der Waals surface area (Å²) in [5, 5.41) is 6.49. The highest BCUT2D eigenvalue weighted by Gasteiger charge is 2.16. The van der Waals surface area contributed by atoms with E-state index in [1.54, 1.807) is 6.33 Å². The summed E-state index contributed by atoms with van der Waals surface area (Å²) in [6.45, 7) is 3.50. The van der Waals surface area contributed by atoms with Crippen LogP contribution in [0, 0.1) is 0 Å². The Bertz CT molecular complexity index is 729. The maximum absolute atomic E-state index is 11.6. The van der Waals surface area contributed by atoms with E-state index in [4.69, 9.17) is 0 Å². The second-order valence-corrected chi connectivity index (χ2v) is 6.36. The van der Waals surface area contributed by atoms with Crippen LogP contribution >= 0.6 is 0 Å². The number of anilines is 2. The highest BCUT2D eigenvalue weighted by Crippen LogP contribution is 2.32. The van der Waals surface area contributed by atoms with Gasteiger partial charge in [-0.1, -0.05) is 25.8 Å². The van der Waals surface area contributed by atoms with Crippen molar-refractivity contribution in [3.63, 3.8) is 0 Å². The number of carbonyl (C=O) groups is 1. The molecule has 1 saturated carbocycles. The Balaban J connectivity index is 1.91. The number of nitrogens with zero attached hydrogens (tertiary/aromatic N) is 2. The van der Waals surface area contributed by atoms with Gasteiger partial charge >= 0.3 is 0 Å². The van der Waals surface area contributed by atoms with E-state index in [2.05, 4.69) is 22.2 Å². The number of aromatic nitrogens is 2. The SMILES string of the molecule is C=CC(=O)Nc1ccc(NC2CCCCC2)c(-c2cn(C)cn2)c1. The van der Waals surface area contributed by atoms with Crippen molar-refractivity contribution in [1.82, 2.24) is 9.55 Å². The molecular weight excluding hydrogens is 300 g/mol. The molecule has 1 heterocycles. The first-order chi connectivity index (χ1) is 11.7. The van der Waals surface area contributed by atoms with Crippen LogP contribution in [0.15, 0.2) is 43.4 Å². The fourth-order valence-corrected chi connectivity index (χ4v) is 3.17. The zero-order valence-electron chi connectivity index (χ0n) is 14.1. The third-order valence-corrected chi connectivity index (χ3v) is 4.42. The minimum absolute atomic E-state index is 0.213. The normalized spacial score (nSPS) is 15.0. The maximum atomic E-state index is 11.6. The quantitative estimate of drug-likeness (QED) is 0.819. The topological polar surface area (TPSA) is 59.0 Å². The van der Waals surface area contributed by atoms with Gasteiger partial charge in [0.15, 0.2) is 0 Å². The van der Waals surface area contributed by atoms with E-state index in [1.807, 2.05) is 36.0 Å². The van der Waals surface area contributed by atoms with Gasteiger partial charge in [-0.15, -0.1) is 0 Å². The smallest absolute Gasteiger partial charge is 0.247 e. The van der Waals surface area contributed by atoms with Crippen molar-refractivity contribution in [3.8, 4) is 11.3 Å². The number of rotatable bonds is 5. The predicted octanol–water partition coefficient (Wildman–Crippen LogP) is 3.96. The van der Waals surface area contributed by atoms with Crippen molar-refractivity contribution in [2.24, 2.45) is 7.05 Å². The zero-order chi connectivity index (χ0) is 16.9. The number of carbonyl (C=O) groups excluding carboxylic acids is 1. The lowest BCUT2D eigenvalue weighted by atomic mass is 9.95. The molecule has 5 heteroatoms. The molecular formula is C19H24N4O. The fraction of sp³-hybridized carbons (Fsp3) is 0.368. The minimum Gasteiger partial charge on any atom is -0.382 e. The number of amides is 1. The largest absolute Gasteiger partial charge is 0.382 e. The molecule has 1 aliphatic rings. The van der Waals surface area contributed by atoms with Crippen LogP contribution in [0.1, 0.15) is 32.1 Å². The second-order valence-electron chi connectivity index (χ2n) is 6.36. The highest BCUT2D eigenvalue weighted by atomic mass is 16.1. The van der Waals surface area contributed by atoms with Crippen molar-refractivity contribution >= 4 is 17.3 Å². The third kappa shape index (κ3) is 3.85. The van der Waals surface area contributed by atoms with Crippen molar-refractivity contribution < 1.29 is 4.79 Å². The van der Waals surface area contributed by atoms with Gasteiger partial charge in [0.05, 0.1) is 12.0 Å². The van der Waals surface area contributed by atoms with Gasteiger partial charge in [-0.2, -0.15) is 0 Å². The number of imidazole rings is 1. The first-order valence-electron chi connectivity index (χ1n) is 8.48. The van der Waals surface area contributed by atoms with Gasteiger partial charge in [0.25, 0.3) is 0 Å². The van der Waals surface area contributed by atoms with Crippen LogP contribution in [0.3, 0.4) is 0 Å². The van der Waals surface area contributed by atoms with Crippen molar-refractivity contribution in [2.45, 2.75) is 38.1 Å². The van der Waals surface area contributed by atoms with E-state index in [0.717, 1.165) is 22.6 Å². The van der Waals surface area contributed by atoms with Crippen LogP contribution < -0.4 is 10.6 Å². The Morgan fingerprint density at radius 2 is 2.12 bits per heavy atom. The summed E-state index contributed by atoms with van der Waals surface area (Å²) in [6.07, 6.45) is 11.4. The van der Waals surface area contributed by atoms with Crippen LogP contribution in [0.5, 0.6) is 0 Å². The van der Waals surface area contributed by atoms with E-state index in [-0.39, 0.29) is 5.91 Å². The van der Waals surface area contributed by atoms with Crippen LogP contribution in [-0.4, -0.2) is 21.5 Å². The molecule has 0 saturated heterocycles. The average Bonchev–Trinajstić information content (AvgIpc) is 3.03. The van der Waals surface area contributed by atoms with Gasteiger partial charge in [-0.05, 0) is 37.1 Å². The summed E-state index contributed by atoms with van der Waals surface area (Å²) in [7, 11) is 1.95. The lowest BCUT2D eigenvalue weighted by molar-refractivity contribution is -0.111. The molecule has 1 aromatic heterocycles. The summed E-state index contributed by atoms with van der Waals surface area (Å²) < 4.78 is 1.93. The van der Waals surface area contributed by atoms with Crippen molar-refractivity contribution in [3.05, 3.63) is 43.4 Å². The molecule has 1 fully saturated rings. The van der Waals surface area contributed by atoms with Crippen LogP contribution in [-0.2, 0) is 11.8 Å². The zero-order valence-corrected chi connectivity index (χ0v) is 14.1. The Labute approximate surface area is 142 Å². The molecule has 0 spiro atoms. The predicted molar refractivity (Wildman–Crippen MR) is 98.0 cm³/mol. The van der Waals surface area contributed by atoms with E-state index < -0.39 is 0 Å². The van der Waals surface area contributed by atoms with E-state index >= 15 is 0 Å². The first kappa shape index (κ1) is 16.3. The highest BCUT2D eigenvalue weighted by molar-refractivity contribution is 5.99. The molecule has 0 unspecified atom stereocenters. The van der Waals surface area contributed by atoms with Crippen molar-refractivity contribution in [2.75, 3.05) is 10.6 Å². The van der Waals surface area contributed by atoms with E-state index in [0.29, 0.717) is 6.04 Å². The van der Waals surface area contributed by atoms with Gasteiger partial charge in [-0.3, -0.25) is 4.79 Å². The first-order valence-corrected chi connectivity index (χ1v) is 8.48. The monoisotopic (exact) mass is 324 g/mol. The Kier molecular flexibility index (Phi) is 4.99. The minimum atomic E-state index is -0.213. The van der Waals surface area contributed by atoms with Gasteiger partial charge < -0.3 is 15.2 Å². The molecule has 3 rings (SSSR count). The lowest BCUT2D eigenvalue weighted by Gasteiger charge is -2.25. The molecule has 2 aromatic rings. The van der Waals surface area contributed by atoms with E-state index in [1.165, 1.54) is 38.2 Å². The molecule has 1 aliphatic carbocycles. The summed E-state index contributed by atoms with van der Waals surface area (Å²) in [6, 6.07) is 6.42. The summed E-state index contributed by atoms with van der Waals surface area (Å²) >= 11 is 0. The van der Waals surface area contributed by atoms with Crippen LogP contribution in [0.25, 0.3) is 11.3 Å². The molecule has 0 bridgehead atoms. The maximum Gasteiger partial charge on any atom is 0.247 e. The second kappa shape index (κ2) is 7.34. The lowest BCUT2D eigenvalue weighted by Crippen LogP contribution is -2.22. The Hall–Kier alpha value is -2.56. The molecule has 0 aliphatic heterocycles. The number of benzene rings is 1. The van der Waals surface area contributed by atoms with Gasteiger partial charge in [0.2, 0.25) is 5.91 Å². The third-order valence-electron chi connectivity index (χ3n) is 4.42. The summed E-state index contributed by atoms with van der Waals surface area (Å²) in [4.78, 5) is 16.0. The molecule has 0 radical (unpaired) electrons.